The minimum absolute atomic E-state index is 0.0707. The molecule has 26 heavy (non-hydrogen) atoms. The number of carbonyl (C=O) groups is 1. The first-order valence-corrected chi connectivity index (χ1v) is 8.65. The molecule has 3 aromatic rings. The topological polar surface area (TPSA) is 89.6 Å². The first-order valence-electron chi connectivity index (χ1n) is 8.65. The van der Waals surface area contributed by atoms with Crippen LogP contribution in [0.3, 0.4) is 0 Å². The van der Waals surface area contributed by atoms with Crippen molar-refractivity contribution in [1.29, 1.82) is 0 Å². The van der Waals surface area contributed by atoms with Crippen LogP contribution < -0.4 is 5.32 Å². The molecule has 1 aliphatic heterocycles. The Kier molecular flexibility index (Phi) is 4.53. The molecule has 0 radical (unpaired) electrons. The van der Waals surface area contributed by atoms with Crippen LogP contribution in [0.15, 0.2) is 42.9 Å². The molecule has 1 fully saturated rings. The van der Waals surface area contributed by atoms with Gasteiger partial charge < -0.3 is 15.0 Å². The fourth-order valence-electron chi connectivity index (χ4n) is 3.13. The number of fused-ring (bicyclic) bond motifs is 1. The van der Waals surface area contributed by atoms with Crippen LogP contribution in [0.4, 0.5) is 4.79 Å². The zero-order chi connectivity index (χ0) is 17.9. The van der Waals surface area contributed by atoms with Gasteiger partial charge in [0.2, 0.25) is 0 Å². The maximum absolute atomic E-state index is 12.7. The molecule has 4 rings (SSSR count). The summed E-state index contributed by atoms with van der Waals surface area (Å²) in [5.41, 5.74) is 0.759. The molecule has 9 nitrogen and oxygen atoms in total. The van der Waals surface area contributed by atoms with Gasteiger partial charge in [-0.25, -0.2) is 4.79 Å². The van der Waals surface area contributed by atoms with E-state index >= 15 is 0 Å². The highest BCUT2D eigenvalue weighted by Gasteiger charge is 2.26. The van der Waals surface area contributed by atoms with Gasteiger partial charge in [0.25, 0.3) is 0 Å². The van der Waals surface area contributed by atoms with E-state index in [0.717, 1.165) is 5.65 Å². The van der Waals surface area contributed by atoms with Gasteiger partial charge in [-0.3, -0.25) is 9.08 Å². The molecule has 0 saturated carbocycles. The Morgan fingerprint density at radius 3 is 3.12 bits per heavy atom. The zero-order valence-electron chi connectivity index (χ0n) is 14.5. The average Bonchev–Trinajstić information content (AvgIpc) is 3.31. The monoisotopic (exact) mass is 355 g/mol. The highest BCUT2D eigenvalue weighted by atomic mass is 16.5. The number of hydrogen-bond acceptors (Lipinski definition) is 5. The molecular weight excluding hydrogens is 334 g/mol. The molecule has 3 aromatic heterocycles. The van der Waals surface area contributed by atoms with Crippen LogP contribution in [0.5, 0.6) is 0 Å². The molecule has 0 spiro atoms. The largest absolute Gasteiger partial charge is 0.373 e. The van der Waals surface area contributed by atoms with Gasteiger partial charge in [0.1, 0.15) is 0 Å². The zero-order valence-corrected chi connectivity index (χ0v) is 14.5. The van der Waals surface area contributed by atoms with Crippen molar-refractivity contribution in [1.82, 2.24) is 34.6 Å². The predicted octanol–water partition coefficient (Wildman–Crippen LogP) is 1.10. The van der Waals surface area contributed by atoms with E-state index in [4.69, 9.17) is 4.74 Å². The van der Waals surface area contributed by atoms with Crippen LogP contribution >= 0.6 is 0 Å². The first-order chi connectivity index (χ1) is 12.7. The Labute approximate surface area is 150 Å². The van der Waals surface area contributed by atoms with Crippen molar-refractivity contribution in [2.45, 2.75) is 25.6 Å². The van der Waals surface area contributed by atoms with Crippen LogP contribution in [0.1, 0.15) is 18.8 Å². The second-order valence-corrected chi connectivity index (χ2v) is 6.33. The highest BCUT2D eigenvalue weighted by Crippen LogP contribution is 2.13. The Bertz CT molecular complexity index is 876. The minimum atomic E-state index is -0.257. The molecule has 1 saturated heterocycles. The van der Waals surface area contributed by atoms with Crippen molar-refractivity contribution < 1.29 is 9.53 Å². The van der Waals surface area contributed by atoms with Gasteiger partial charge in [-0.1, -0.05) is 6.07 Å². The molecule has 2 unspecified atom stereocenters. The summed E-state index contributed by atoms with van der Waals surface area (Å²) in [5, 5.41) is 15.5. The van der Waals surface area contributed by atoms with Gasteiger partial charge in [0, 0.05) is 25.1 Å². The standard InChI is InChI=1S/C17H21N7O2/c1-13(16-21-20-15-5-2-3-8-24(15)16)19-17(25)22-9-10-26-14(11-22)12-23-7-4-6-18-23/h2-8,13-14H,9-12H2,1H3,(H,19,25). The number of urea groups is 1. The number of nitrogens with zero attached hydrogens (tertiary/aromatic N) is 6. The molecule has 1 N–H and O–H groups in total. The van der Waals surface area contributed by atoms with E-state index in [1.54, 1.807) is 11.1 Å². The van der Waals surface area contributed by atoms with Gasteiger partial charge in [-0.05, 0) is 25.1 Å². The lowest BCUT2D eigenvalue weighted by Gasteiger charge is -2.33. The number of hydrogen-bond donors (Lipinski definition) is 1. The summed E-state index contributed by atoms with van der Waals surface area (Å²) >= 11 is 0. The van der Waals surface area contributed by atoms with Crippen LogP contribution in [-0.2, 0) is 11.3 Å². The smallest absolute Gasteiger partial charge is 0.318 e. The van der Waals surface area contributed by atoms with E-state index in [0.29, 0.717) is 32.1 Å². The number of carbonyl (C=O) groups excluding carboxylic acids is 1. The van der Waals surface area contributed by atoms with Gasteiger partial charge in [-0.15, -0.1) is 10.2 Å². The Morgan fingerprint density at radius 2 is 2.27 bits per heavy atom. The maximum Gasteiger partial charge on any atom is 0.318 e. The third kappa shape index (κ3) is 3.38. The first kappa shape index (κ1) is 16.5. The Morgan fingerprint density at radius 1 is 1.35 bits per heavy atom. The summed E-state index contributed by atoms with van der Waals surface area (Å²) in [6.45, 7) is 4.14. The molecule has 0 bridgehead atoms. The molecule has 2 amide bonds. The molecule has 0 aliphatic carbocycles. The lowest BCUT2D eigenvalue weighted by atomic mass is 10.2. The third-order valence-corrected chi connectivity index (χ3v) is 4.44. The summed E-state index contributed by atoms with van der Waals surface area (Å²) < 4.78 is 9.45. The summed E-state index contributed by atoms with van der Waals surface area (Å²) in [6, 6.07) is 7.19. The molecule has 9 heteroatoms. The van der Waals surface area contributed by atoms with Crippen molar-refractivity contribution in [3.63, 3.8) is 0 Å². The van der Waals surface area contributed by atoms with Crippen molar-refractivity contribution in [3.8, 4) is 0 Å². The van der Waals surface area contributed by atoms with Gasteiger partial charge in [-0.2, -0.15) is 5.10 Å². The SMILES string of the molecule is CC(NC(=O)N1CCOC(Cn2cccn2)C1)c1nnc2ccccn12. The lowest BCUT2D eigenvalue weighted by Crippen LogP contribution is -2.51. The molecule has 2 atom stereocenters. The van der Waals surface area contributed by atoms with Crippen LogP contribution in [0, 0.1) is 0 Å². The molecule has 136 valence electrons. The number of pyridine rings is 1. The summed E-state index contributed by atoms with van der Waals surface area (Å²) in [7, 11) is 0. The Hall–Kier alpha value is -2.94. The molecule has 1 aliphatic rings. The van der Waals surface area contributed by atoms with Crippen LogP contribution in [0.2, 0.25) is 0 Å². The lowest BCUT2D eigenvalue weighted by molar-refractivity contribution is -0.0240. The predicted molar refractivity (Wildman–Crippen MR) is 93.5 cm³/mol. The third-order valence-electron chi connectivity index (χ3n) is 4.44. The molecule has 0 aromatic carbocycles. The minimum Gasteiger partial charge on any atom is -0.373 e. The normalized spacial score (nSPS) is 18.8. The average molecular weight is 355 g/mol. The summed E-state index contributed by atoms with van der Waals surface area (Å²) in [4.78, 5) is 14.4. The van der Waals surface area contributed by atoms with Crippen molar-refractivity contribution in [3.05, 3.63) is 48.7 Å². The van der Waals surface area contributed by atoms with E-state index in [9.17, 15) is 4.79 Å². The number of nitrogens with one attached hydrogen (secondary N) is 1. The van der Waals surface area contributed by atoms with E-state index in [1.165, 1.54) is 0 Å². The van der Waals surface area contributed by atoms with E-state index in [1.807, 2.05) is 52.7 Å². The quantitative estimate of drug-likeness (QED) is 0.757. The van der Waals surface area contributed by atoms with Crippen molar-refractivity contribution in [2.75, 3.05) is 19.7 Å². The number of morpholine rings is 1. The van der Waals surface area contributed by atoms with E-state index < -0.39 is 0 Å². The highest BCUT2D eigenvalue weighted by molar-refractivity contribution is 5.74. The van der Waals surface area contributed by atoms with Gasteiger partial charge in [0.05, 0.1) is 31.8 Å². The number of amides is 2. The van der Waals surface area contributed by atoms with Crippen LogP contribution in [-0.4, -0.2) is 61.1 Å². The van der Waals surface area contributed by atoms with Gasteiger partial charge >= 0.3 is 6.03 Å². The number of ether oxygens (including phenoxy) is 1. The summed E-state index contributed by atoms with van der Waals surface area (Å²) in [6.07, 6.45) is 5.44. The second-order valence-electron chi connectivity index (χ2n) is 6.33. The summed E-state index contributed by atoms with van der Waals surface area (Å²) in [5.74, 6) is 0.704. The van der Waals surface area contributed by atoms with E-state index in [-0.39, 0.29) is 18.2 Å². The Balaban J connectivity index is 1.39. The van der Waals surface area contributed by atoms with Crippen molar-refractivity contribution in [2.24, 2.45) is 0 Å². The number of rotatable bonds is 4. The fourth-order valence-corrected chi connectivity index (χ4v) is 3.13. The van der Waals surface area contributed by atoms with Crippen molar-refractivity contribution >= 4 is 11.7 Å². The second kappa shape index (κ2) is 7.12. The molecule has 4 heterocycles. The fraction of sp³-hybridized carbons (Fsp3) is 0.412. The number of aromatic nitrogens is 5. The van der Waals surface area contributed by atoms with Gasteiger partial charge in [0.15, 0.2) is 11.5 Å². The van der Waals surface area contributed by atoms with E-state index in [2.05, 4.69) is 20.6 Å². The van der Waals surface area contributed by atoms with Crippen LogP contribution in [0.25, 0.3) is 5.65 Å². The molecular formula is C17H21N7O2. The maximum atomic E-state index is 12.7.